The Morgan fingerprint density at radius 2 is 2.10 bits per heavy atom. The minimum Gasteiger partial charge on any atom is -0.389 e. The van der Waals surface area contributed by atoms with Gasteiger partial charge in [0.05, 0.1) is 5.56 Å². The minimum absolute atomic E-state index is 0.0411. The SMILES string of the molecule is CC1CCCC1Nc1nc(C(F)(F)F)ccc1C(N)=S. The molecule has 1 aliphatic carbocycles. The molecule has 7 heteroatoms. The lowest BCUT2D eigenvalue weighted by Gasteiger charge is -2.20. The molecule has 1 aromatic rings. The van der Waals surface area contributed by atoms with Crippen LogP contribution in [0.4, 0.5) is 19.0 Å². The van der Waals surface area contributed by atoms with Crippen molar-refractivity contribution >= 4 is 23.0 Å². The van der Waals surface area contributed by atoms with E-state index in [9.17, 15) is 13.2 Å². The summed E-state index contributed by atoms with van der Waals surface area (Å²) < 4.78 is 38.2. The molecule has 0 radical (unpaired) electrons. The smallest absolute Gasteiger partial charge is 0.389 e. The molecule has 20 heavy (non-hydrogen) atoms. The predicted molar refractivity (Wildman–Crippen MR) is 75.6 cm³/mol. The van der Waals surface area contributed by atoms with Gasteiger partial charge in [-0.25, -0.2) is 4.98 Å². The van der Waals surface area contributed by atoms with E-state index in [1.165, 1.54) is 6.07 Å². The lowest BCUT2D eigenvalue weighted by atomic mass is 10.1. The lowest BCUT2D eigenvalue weighted by Crippen LogP contribution is -2.26. The summed E-state index contributed by atoms with van der Waals surface area (Å²) in [5.74, 6) is 0.525. The van der Waals surface area contributed by atoms with E-state index in [2.05, 4.69) is 17.2 Å². The quantitative estimate of drug-likeness (QED) is 0.841. The number of nitrogens with one attached hydrogen (secondary N) is 1. The van der Waals surface area contributed by atoms with Gasteiger partial charge in [-0.3, -0.25) is 0 Å². The van der Waals surface area contributed by atoms with Gasteiger partial charge >= 0.3 is 6.18 Å². The fourth-order valence-electron chi connectivity index (χ4n) is 2.46. The molecule has 0 spiro atoms. The largest absolute Gasteiger partial charge is 0.433 e. The summed E-state index contributed by atoms with van der Waals surface area (Å²) in [4.78, 5) is 3.70. The van der Waals surface area contributed by atoms with E-state index in [0.717, 1.165) is 25.3 Å². The summed E-state index contributed by atoms with van der Waals surface area (Å²) in [6, 6.07) is 2.29. The molecule has 1 heterocycles. The van der Waals surface area contributed by atoms with Crippen molar-refractivity contribution in [3.63, 3.8) is 0 Å². The predicted octanol–water partition coefficient (Wildman–Crippen LogP) is 3.34. The van der Waals surface area contributed by atoms with Crippen LogP contribution in [0.1, 0.15) is 37.4 Å². The van der Waals surface area contributed by atoms with E-state index < -0.39 is 11.9 Å². The molecule has 1 saturated carbocycles. The van der Waals surface area contributed by atoms with Crippen LogP contribution < -0.4 is 11.1 Å². The minimum atomic E-state index is -4.48. The van der Waals surface area contributed by atoms with Crippen LogP contribution in [-0.2, 0) is 6.18 Å². The van der Waals surface area contributed by atoms with Gasteiger partial charge in [0, 0.05) is 6.04 Å². The molecule has 1 aliphatic rings. The maximum absolute atomic E-state index is 12.7. The molecule has 0 aromatic carbocycles. The van der Waals surface area contributed by atoms with Crippen LogP contribution in [0.15, 0.2) is 12.1 Å². The van der Waals surface area contributed by atoms with Gasteiger partial charge < -0.3 is 11.1 Å². The molecule has 2 rings (SSSR count). The van der Waals surface area contributed by atoms with Crippen LogP contribution in [0.5, 0.6) is 0 Å². The van der Waals surface area contributed by atoms with Crippen LogP contribution in [0.2, 0.25) is 0 Å². The highest BCUT2D eigenvalue weighted by atomic mass is 32.1. The summed E-state index contributed by atoms with van der Waals surface area (Å²) in [6.07, 6.45) is -1.46. The van der Waals surface area contributed by atoms with E-state index in [-0.39, 0.29) is 16.8 Å². The number of rotatable bonds is 3. The Hall–Kier alpha value is -1.37. The average Bonchev–Trinajstić information content (AvgIpc) is 2.73. The monoisotopic (exact) mass is 303 g/mol. The first-order chi connectivity index (χ1) is 9.29. The summed E-state index contributed by atoms with van der Waals surface area (Å²) in [5.41, 5.74) is 4.97. The zero-order chi connectivity index (χ0) is 14.9. The Bertz CT molecular complexity index is 516. The molecule has 110 valence electrons. The molecule has 0 amide bonds. The number of aromatic nitrogens is 1. The molecule has 3 N–H and O–H groups in total. The molecule has 3 nitrogen and oxygen atoms in total. The third-order valence-electron chi connectivity index (χ3n) is 3.63. The van der Waals surface area contributed by atoms with Gasteiger partial charge in [0.25, 0.3) is 0 Å². The van der Waals surface area contributed by atoms with E-state index in [1.54, 1.807) is 0 Å². The summed E-state index contributed by atoms with van der Waals surface area (Å²) in [7, 11) is 0. The zero-order valence-electron chi connectivity index (χ0n) is 11.0. The first-order valence-corrected chi connectivity index (χ1v) is 6.84. The van der Waals surface area contributed by atoms with E-state index >= 15 is 0 Å². The molecule has 1 fully saturated rings. The molecule has 0 bridgehead atoms. The number of halogens is 3. The standard InChI is InChI=1S/C13H16F3N3S/c1-7-3-2-4-9(7)18-12-8(11(17)20)5-6-10(19-12)13(14,15)16/h5-7,9H,2-4H2,1H3,(H2,17,20)(H,18,19). The van der Waals surface area contributed by atoms with Gasteiger partial charge in [0.15, 0.2) is 0 Å². The van der Waals surface area contributed by atoms with Crippen molar-refractivity contribution in [2.24, 2.45) is 11.7 Å². The van der Waals surface area contributed by atoms with Gasteiger partial charge in [0.1, 0.15) is 16.5 Å². The van der Waals surface area contributed by atoms with Crippen LogP contribution >= 0.6 is 12.2 Å². The molecular weight excluding hydrogens is 287 g/mol. The van der Waals surface area contributed by atoms with E-state index in [1.807, 2.05) is 0 Å². The first-order valence-electron chi connectivity index (χ1n) is 6.43. The Labute approximate surface area is 120 Å². The number of anilines is 1. The maximum Gasteiger partial charge on any atom is 0.433 e. The Kier molecular flexibility index (Phi) is 4.17. The average molecular weight is 303 g/mol. The molecule has 0 saturated heterocycles. The Morgan fingerprint density at radius 1 is 1.40 bits per heavy atom. The number of thiocarbonyl (C=S) groups is 1. The van der Waals surface area contributed by atoms with Crippen LogP contribution in [0.25, 0.3) is 0 Å². The fraction of sp³-hybridized carbons (Fsp3) is 0.538. The number of nitrogens with two attached hydrogens (primary N) is 1. The maximum atomic E-state index is 12.7. The highest BCUT2D eigenvalue weighted by Crippen LogP contribution is 2.32. The van der Waals surface area contributed by atoms with Crippen LogP contribution in [0, 0.1) is 5.92 Å². The number of nitrogens with zero attached hydrogens (tertiary/aromatic N) is 1. The Balaban J connectivity index is 2.34. The third-order valence-corrected chi connectivity index (χ3v) is 3.85. The van der Waals surface area contributed by atoms with Gasteiger partial charge in [-0.1, -0.05) is 25.6 Å². The molecule has 0 aliphatic heterocycles. The number of hydrogen-bond donors (Lipinski definition) is 2. The van der Waals surface area contributed by atoms with Crippen LogP contribution in [-0.4, -0.2) is 16.0 Å². The highest BCUT2D eigenvalue weighted by molar-refractivity contribution is 7.80. The topological polar surface area (TPSA) is 50.9 Å². The summed E-state index contributed by atoms with van der Waals surface area (Å²) in [5, 5.41) is 3.07. The highest BCUT2D eigenvalue weighted by Gasteiger charge is 2.34. The van der Waals surface area contributed by atoms with Crippen molar-refractivity contribution in [3.8, 4) is 0 Å². The summed E-state index contributed by atoms with van der Waals surface area (Å²) in [6.45, 7) is 2.07. The Morgan fingerprint density at radius 3 is 2.60 bits per heavy atom. The van der Waals surface area contributed by atoms with Crippen molar-refractivity contribution in [2.75, 3.05) is 5.32 Å². The zero-order valence-corrected chi connectivity index (χ0v) is 11.8. The van der Waals surface area contributed by atoms with E-state index in [0.29, 0.717) is 11.5 Å². The van der Waals surface area contributed by atoms with Crippen molar-refractivity contribution < 1.29 is 13.2 Å². The molecule has 2 unspecified atom stereocenters. The van der Waals surface area contributed by atoms with Gasteiger partial charge in [-0.05, 0) is 30.9 Å². The second-order valence-electron chi connectivity index (χ2n) is 5.11. The molecule has 2 atom stereocenters. The van der Waals surface area contributed by atoms with Gasteiger partial charge in [-0.15, -0.1) is 0 Å². The van der Waals surface area contributed by atoms with Gasteiger partial charge in [0.2, 0.25) is 0 Å². The van der Waals surface area contributed by atoms with Crippen molar-refractivity contribution in [1.29, 1.82) is 0 Å². The van der Waals surface area contributed by atoms with E-state index in [4.69, 9.17) is 18.0 Å². The number of alkyl halides is 3. The van der Waals surface area contributed by atoms with Crippen LogP contribution in [0.3, 0.4) is 0 Å². The fourth-order valence-corrected chi connectivity index (χ4v) is 2.63. The normalized spacial score (nSPS) is 22.8. The number of hydrogen-bond acceptors (Lipinski definition) is 3. The van der Waals surface area contributed by atoms with Crippen molar-refractivity contribution in [1.82, 2.24) is 4.98 Å². The second-order valence-corrected chi connectivity index (χ2v) is 5.55. The third kappa shape index (κ3) is 3.20. The van der Waals surface area contributed by atoms with Gasteiger partial charge in [-0.2, -0.15) is 13.2 Å². The summed E-state index contributed by atoms with van der Waals surface area (Å²) >= 11 is 4.87. The first kappa shape index (κ1) is 15.0. The number of pyridine rings is 1. The lowest BCUT2D eigenvalue weighted by molar-refractivity contribution is -0.141. The van der Waals surface area contributed by atoms with Crippen molar-refractivity contribution in [3.05, 3.63) is 23.4 Å². The second kappa shape index (κ2) is 5.55. The van der Waals surface area contributed by atoms with Crippen molar-refractivity contribution in [2.45, 2.75) is 38.4 Å². The molecular formula is C13H16F3N3S. The molecule has 1 aromatic heterocycles.